The molecule has 1 saturated carbocycles. The Balaban J connectivity index is 1.43. The van der Waals surface area contributed by atoms with E-state index in [1.54, 1.807) is 13.3 Å². The van der Waals surface area contributed by atoms with Crippen LogP contribution in [0.3, 0.4) is 0 Å². The van der Waals surface area contributed by atoms with E-state index in [9.17, 15) is 4.79 Å². The molecular formula is C23H22N4O4. The van der Waals surface area contributed by atoms with Crippen LogP contribution in [0.2, 0.25) is 0 Å². The van der Waals surface area contributed by atoms with Gasteiger partial charge in [-0.1, -0.05) is 0 Å². The van der Waals surface area contributed by atoms with Crippen LogP contribution in [0.4, 0.5) is 16.2 Å². The second kappa shape index (κ2) is 7.39. The zero-order chi connectivity index (χ0) is 21.4. The van der Waals surface area contributed by atoms with Crippen molar-refractivity contribution in [2.75, 3.05) is 19.0 Å². The number of aromatic amines is 1. The first-order valence-electron chi connectivity index (χ1n) is 10.0. The first-order valence-corrected chi connectivity index (χ1v) is 10.0. The normalized spacial score (nSPS) is 14.4. The molecule has 0 saturated heterocycles. The second-order valence-electron chi connectivity index (χ2n) is 7.78. The summed E-state index contributed by atoms with van der Waals surface area (Å²) in [6.07, 6.45) is 4.13. The maximum Gasteiger partial charge on any atom is 0.405 e. The number of hydrogen-bond donors (Lipinski definition) is 4. The fraction of sp³-hybridized carbons (Fsp3) is 0.217. The lowest BCUT2D eigenvalue weighted by molar-refractivity contribution is 0.176. The number of hydrogen-bond acceptors (Lipinski definition) is 5. The van der Waals surface area contributed by atoms with Gasteiger partial charge in [0, 0.05) is 46.1 Å². The number of H-pyrrole nitrogens is 1. The van der Waals surface area contributed by atoms with Gasteiger partial charge in [0.05, 0.1) is 18.2 Å². The van der Waals surface area contributed by atoms with Crippen molar-refractivity contribution < 1.29 is 19.4 Å². The van der Waals surface area contributed by atoms with Crippen molar-refractivity contribution >= 4 is 39.3 Å². The molecule has 0 radical (unpaired) electrons. The van der Waals surface area contributed by atoms with Crippen LogP contribution in [0.1, 0.15) is 12.8 Å². The Bertz CT molecular complexity index is 1280. The van der Waals surface area contributed by atoms with Crippen molar-refractivity contribution in [2.24, 2.45) is 0 Å². The number of rotatable bonds is 7. The molecule has 8 nitrogen and oxygen atoms in total. The number of carboxylic acid groups (broad SMARTS) is 1. The van der Waals surface area contributed by atoms with Gasteiger partial charge in [-0.15, -0.1) is 0 Å². The highest BCUT2D eigenvalue weighted by atomic mass is 16.5. The van der Waals surface area contributed by atoms with E-state index in [1.165, 1.54) is 0 Å². The summed E-state index contributed by atoms with van der Waals surface area (Å²) in [6.45, 7) is 0.246. The van der Waals surface area contributed by atoms with Crippen LogP contribution in [0.25, 0.3) is 21.8 Å². The molecule has 0 unspecified atom stereocenters. The third-order valence-corrected chi connectivity index (χ3v) is 5.59. The number of nitrogens with zero attached hydrogens (tertiary/aromatic N) is 1. The SMILES string of the molecule is COc1cc2c(Nc3ccc4[nH]ccc4c3)ccnc2cc1OCC1(NC(=O)O)CC1. The van der Waals surface area contributed by atoms with E-state index in [1.807, 2.05) is 42.6 Å². The maximum atomic E-state index is 11.0. The van der Waals surface area contributed by atoms with Crippen LogP contribution < -0.4 is 20.1 Å². The first-order chi connectivity index (χ1) is 15.0. The smallest absolute Gasteiger partial charge is 0.405 e. The van der Waals surface area contributed by atoms with Crippen LogP contribution in [-0.2, 0) is 0 Å². The summed E-state index contributed by atoms with van der Waals surface area (Å²) < 4.78 is 11.5. The van der Waals surface area contributed by atoms with E-state index in [4.69, 9.17) is 14.6 Å². The Morgan fingerprint density at radius 2 is 2.06 bits per heavy atom. The zero-order valence-electron chi connectivity index (χ0n) is 16.9. The number of ether oxygens (including phenoxy) is 2. The second-order valence-corrected chi connectivity index (χ2v) is 7.78. The summed E-state index contributed by atoms with van der Waals surface area (Å²) in [6, 6.07) is 13.8. The topological polar surface area (TPSA) is 109 Å². The van der Waals surface area contributed by atoms with Gasteiger partial charge >= 0.3 is 6.09 Å². The minimum atomic E-state index is -1.04. The Hall–Kier alpha value is -3.94. The minimum Gasteiger partial charge on any atom is -0.493 e. The predicted molar refractivity (Wildman–Crippen MR) is 118 cm³/mol. The molecule has 5 rings (SSSR count). The summed E-state index contributed by atoms with van der Waals surface area (Å²) in [7, 11) is 1.58. The highest BCUT2D eigenvalue weighted by Crippen LogP contribution is 2.39. The molecule has 4 N–H and O–H groups in total. The van der Waals surface area contributed by atoms with Crippen molar-refractivity contribution in [3.05, 3.63) is 54.9 Å². The molecule has 0 aliphatic heterocycles. The van der Waals surface area contributed by atoms with Crippen LogP contribution in [0.5, 0.6) is 11.5 Å². The van der Waals surface area contributed by atoms with Crippen molar-refractivity contribution in [3.8, 4) is 11.5 Å². The predicted octanol–water partition coefficient (Wildman–Crippen LogP) is 4.65. The number of pyridine rings is 1. The molecule has 0 spiro atoms. The molecule has 31 heavy (non-hydrogen) atoms. The number of carbonyl (C=O) groups is 1. The number of benzene rings is 2. The van der Waals surface area contributed by atoms with Crippen molar-refractivity contribution in [2.45, 2.75) is 18.4 Å². The average molecular weight is 418 g/mol. The Labute approximate surface area is 178 Å². The van der Waals surface area contributed by atoms with Crippen molar-refractivity contribution in [1.82, 2.24) is 15.3 Å². The van der Waals surface area contributed by atoms with Crippen LogP contribution in [-0.4, -0.2) is 40.4 Å². The van der Waals surface area contributed by atoms with Crippen molar-refractivity contribution in [3.63, 3.8) is 0 Å². The van der Waals surface area contributed by atoms with Gasteiger partial charge in [0.25, 0.3) is 0 Å². The summed E-state index contributed by atoms with van der Waals surface area (Å²) in [5.41, 5.74) is 3.18. The molecule has 1 amide bonds. The Morgan fingerprint density at radius 3 is 2.84 bits per heavy atom. The lowest BCUT2D eigenvalue weighted by Crippen LogP contribution is -2.40. The number of nitrogens with one attached hydrogen (secondary N) is 3. The van der Waals surface area contributed by atoms with Crippen molar-refractivity contribution in [1.29, 1.82) is 0 Å². The Kier molecular flexibility index (Phi) is 4.54. The maximum absolute atomic E-state index is 11.0. The molecule has 8 heteroatoms. The molecule has 1 aliphatic carbocycles. The molecule has 2 heterocycles. The Morgan fingerprint density at radius 1 is 1.19 bits per heavy atom. The summed E-state index contributed by atoms with van der Waals surface area (Å²) in [5.74, 6) is 1.10. The molecule has 1 aliphatic rings. The van der Waals surface area contributed by atoms with Gasteiger partial charge < -0.3 is 30.2 Å². The summed E-state index contributed by atoms with van der Waals surface area (Å²) in [4.78, 5) is 18.7. The molecule has 0 bridgehead atoms. The van der Waals surface area contributed by atoms with Crippen LogP contribution >= 0.6 is 0 Å². The fourth-order valence-corrected chi connectivity index (χ4v) is 3.72. The number of amides is 1. The van der Waals surface area contributed by atoms with Gasteiger partial charge in [-0.3, -0.25) is 4.98 Å². The van der Waals surface area contributed by atoms with Gasteiger partial charge in [-0.25, -0.2) is 4.79 Å². The molecule has 2 aromatic heterocycles. The number of fused-ring (bicyclic) bond motifs is 2. The van der Waals surface area contributed by atoms with Crippen LogP contribution in [0, 0.1) is 0 Å². The molecule has 0 atom stereocenters. The van der Waals surface area contributed by atoms with Gasteiger partial charge in [0.1, 0.15) is 6.61 Å². The quantitative estimate of drug-likeness (QED) is 0.348. The number of methoxy groups -OCH3 is 1. The van der Waals surface area contributed by atoms with Gasteiger partial charge in [0.2, 0.25) is 0 Å². The highest BCUT2D eigenvalue weighted by Gasteiger charge is 2.45. The van der Waals surface area contributed by atoms with E-state index < -0.39 is 11.6 Å². The standard InChI is InChI=1S/C23H22N4O4/c1-30-20-11-16-18(26-15-2-3-17-14(10-15)4-8-24-17)5-9-25-19(16)12-21(20)31-13-23(6-7-23)27-22(28)29/h2-5,8-12,24,27H,6-7,13H2,1H3,(H,25,26)(H,28,29). The minimum absolute atomic E-state index is 0.246. The number of aromatic nitrogens is 2. The van der Waals surface area contributed by atoms with E-state index in [0.717, 1.165) is 46.0 Å². The summed E-state index contributed by atoms with van der Waals surface area (Å²) in [5, 5.41) is 17.0. The summed E-state index contributed by atoms with van der Waals surface area (Å²) >= 11 is 0. The average Bonchev–Trinajstić information content (AvgIpc) is 3.35. The zero-order valence-corrected chi connectivity index (χ0v) is 16.9. The third kappa shape index (κ3) is 3.79. The van der Waals surface area contributed by atoms with E-state index in [2.05, 4.69) is 26.7 Å². The molecule has 2 aromatic carbocycles. The molecule has 158 valence electrons. The van der Waals surface area contributed by atoms with E-state index in [0.29, 0.717) is 11.5 Å². The molecule has 1 fully saturated rings. The van der Waals surface area contributed by atoms with Crippen LogP contribution in [0.15, 0.2) is 54.9 Å². The fourth-order valence-electron chi connectivity index (χ4n) is 3.72. The lowest BCUT2D eigenvalue weighted by Gasteiger charge is -2.18. The van der Waals surface area contributed by atoms with E-state index in [-0.39, 0.29) is 6.61 Å². The number of anilines is 2. The largest absolute Gasteiger partial charge is 0.493 e. The van der Waals surface area contributed by atoms with Gasteiger partial charge in [0.15, 0.2) is 11.5 Å². The van der Waals surface area contributed by atoms with Gasteiger partial charge in [-0.2, -0.15) is 0 Å². The van der Waals surface area contributed by atoms with E-state index >= 15 is 0 Å². The lowest BCUT2D eigenvalue weighted by atomic mass is 10.1. The molecular weight excluding hydrogens is 396 g/mol. The molecule has 4 aromatic rings. The third-order valence-electron chi connectivity index (χ3n) is 5.59. The monoisotopic (exact) mass is 418 g/mol. The van der Waals surface area contributed by atoms with Gasteiger partial charge in [-0.05, 0) is 49.2 Å². The highest BCUT2D eigenvalue weighted by molar-refractivity contribution is 5.96. The first kappa shape index (κ1) is 19.0.